The van der Waals surface area contributed by atoms with E-state index in [2.05, 4.69) is 20.5 Å². The van der Waals surface area contributed by atoms with Crippen LogP contribution in [0.2, 0.25) is 0 Å². The molecule has 2 unspecified atom stereocenters. The number of hydrogen-bond acceptors (Lipinski definition) is 7. The van der Waals surface area contributed by atoms with E-state index in [-0.39, 0.29) is 36.9 Å². The number of aliphatic hydroxyl groups excluding tert-OH is 1. The molecule has 0 aliphatic rings. The predicted octanol–water partition coefficient (Wildman–Crippen LogP) is 2.14. The largest absolute Gasteiger partial charge is 0.396 e. The van der Waals surface area contributed by atoms with Crippen molar-refractivity contribution in [3.63, 3.8) is 0 Å². The van der Waals surface area contributed by atoms with E-state index < -0.39 is 8.60 Å². The third-order valence-electron chi connectivity index (χ3n) is 5.05. The fourth-order valence-corrected chi connectivity index (χ4v) is 3.52. The van der Waals surface area contributed by atoms with Gasteiger partial charge in [0.15, 0.2) is 0 Å². The first-order valence-corrected chi connectivity index (χ1v) is 13.1. The molecule has 0 rings (SSSR count). The molecule has 3 amide bonds. The molecule has 0 fully saturated rings. The van der Waals surface area contributed by atoms with Crippen LogP contribution in [-0.4, -0.2) is 67.7 Å². The van der Waals surface area contributed by atoms with Crippen molar-refractivity contribution in [1.82, 2.24) is 16.0 Å². The van der Waals surface area contributed by atoms with Crippen molar-refractivity contribution >= 4 is 26.3 Å². The second-order valence-corrected chi connectivity index (χ2v) is 9.16. The lowest BCUT2D eigenvalue weighted by Gasteiger charge is -2.15. The summed E-state index contributed by atoms with van der Waals surface area (Å²) in [5.41, 5.74) is 0. The molecule has 0 saturated carbocycles. The van der Waals surface area contributed by atoms with Crippen molar-refractivity contribution in [3.8, 4) is 0 Å². The summed E-state index contributed by atoms with van der Waals surface area (Å²) < 4.78 is 9.74. The first kappa shape index (κ1) is 31.7. The fraction of sp³-hybridized carbons (Fsp3) is 0.864. The van der Waals surface area contributed by atoms with Gasteiger partial charge in [-0.3, -0.25) is 14.4 Å². The van der Waals surface area contributed by atoms with E-state index in [0.29, 0.717) is 32.5 Å². The quantitative estimate of drug-likeness (QED) is 0.115. The Morgan fingerprint density at radius 2 is 1.33 bits per heavy atom. The summed E-state index contributed by atoms with van der Waals surface area (Å²) >= 11 is 0. The number of amides is 3. The molecule has 0 aromatic heterocycles. The summed E-state index contributed by atoms with van der Waals surface area (Å²) in [5.74, 6) is 0.00873. The first-order chi connectivity index (χ1) is 15.9. The van der Waals surface area contributed by atoms with E-state index in [1.807, 2.05) is 0 Å². The molecule has 194 valence electrons. The summed E-state index contributed by atoms with van der Waals surface area (Å²) in [5, 5.41) is 17.9. The zero-order valence-corrected chi connectivity index (χ0v) is 21.2. The highest BCUT2D eigenvalue weighted by molar-refractivity contribution is 7.40. The van der Waals surface area contributed by atoms with Crippen molar-refractivity contribution in [3.05, 3.63) is 0 Å². The van der Waals surface area contributed by atoms with Gasteiger partial charge in [0.05, 0.1) is 6.61 Å². The number of rotatable bonds is 22. The van der Waals surface area contributed by atoms with Gasteiger partial charge in [0.2, 0.25) is 17.7 Å². The molecular formula is C22H44N3O7P. The Labute approximate surface area is 199 Å². The third kappa shape index (κ3) is 22.2. The van der Waals surface area contributed by atoms with Crippen molar-refractivity contribution in [2.24, 2.45) is 5.92 Å². The smallest absolute Gasteiger partial charge is 0.329 e. The number of carbonyl (C=O) groups excluding carboxylic acids is 3. The topological polar surface area (TPSA) is 146 Å². The van der Waals surface area contributed by atoms with E-state index in [1.54, 1.807) is 0 Å². The van der Waals surface area contributed by atoms with Gasteiger partial charge in [-0.25, -0.2) is 0 Å². The molecule has 0 spiro atoms. The molecule has 0 radical (unpaired) electrons. The Hall–Kier alpha value is -1.32. The molecule has 10 nitrogen and oxygen atoms in total. The molecule has 0 bridgehead atoms. The lowest BCUT2D eigenvalue weighted by molar-refractivity contribution is -0.122. The second-order valence-electron chi connectivity index (χ2n) is 8.06. The van der Waals surface area contributed by atoms with E-state index >= 15 is 0 Å². The van der Waals surface area contributed by atoms with Gasteiger partial charge >= 0.3 is 8.60 Å². The molecule has 0 aliphatic carbocycles. The van der Waals surface area contributed by atoms with E-state index in [0.717, 1.165) is 57.8 Å². The Morgan fingerprint density at radius 3 is 1.82 bits per heavy atom. The van der Waals surface area contributed by atoms with E-state index in [1.165, 1.54) is 14.0 Å². The van der Waals surface area contributed by atoms with Crippen molar-refractivity contribution in [1.29, 1.82) is 0 Å². The molecule has 0 aromatic carbocycles. The lowest BCUT2D eigenvalue weighted by atomic mass is 10.0. The van der Waals surface area contributed by atoms with Gasteiger partial charge in [0.25, 0.3) is 0 Å². The molecule has 2 atom stereocenters. The normalized spacial score (nSPS) is 12.7. The number of hydrogen-bond donors (Lipinski definition) is 5. The van der Waals surface area contributed by atoms with Gasteiger partial charge < -0.3 is 35.0 Å². The Bertz CT molecular complexity index is 526. The minimum Gasteiger partial charge on any atom is -0.396 e. The monoisotopic (exact) mass is 493 g/mol. The van der Waals surface area contributed by atoms with Crippen LogP contribution in [0.4, 0.5) is 0 Å². The maximum absolute atomic E-state index is 11.9. The van der Waals surface area contributed by atoms with Crippen molar-refractivity contribution < 1.29 is 33.4 Å². The zero-order valence-electron chi connectivity index (χ0n) is 20.3. The van der Waals surface area contributed by atoms with Crippen LogP contribution in [0.25, 0.3) is 0 Å². The summed E-state index contributed by atoms with van der Waals surface area (Å²) in [6, 6.07) is 0. The van der Waals surface area contributed by atoms with Gasteiger partial charge in [0, 0.05) is 59.0 Å². The highest BCUT2D eigenvalue weighted by Gasteiger charge is 2.12. The molecule has 33 heavy (non-hydrogen) atoms. The number of aliphatic hydroxyl groups is 1. The van der Waals surface area contributed by atoms with Gasteiger partial charge in [0.1, 0.15) is 0 Å². The number of carbonyl (C=O) groups is 3. The summed E-state index contributed by atoms with van der Waals surface area (Å²) in [7, 11) is -0.502. The SMILES string of the molecule is COP(O)OCC(CO)CCCCNC(=O)CCCCCNC(=O)CCCCCNC(C)=O. The van der Waals surface area contributed by atoms with Crippen LogP contribution < -0.4 is 16.0 Å². The minimum atomic E-state index is -1.87. The van der Waals surface area contributed by atoms with Crippen LogP contribution in [-0.2, 0) is 23.4 Å². The van der Waals surface area contributed by atoms with E-state index in [9.17, 15) is 24.4 Å². The minimum absolute atomic E-state index is 0.0143. The van der Waals surface area contributed by atoms with Gasteiger partial charge in [-0.1, -0.05) is 19.3 Å². The third-order valence-corrected chi connectivity index (χ3v) is 5.74. The molecule has 11 heteroatoms. The number of nitrogens with one attached hydrogen (secondary N) is 3. The van der Waals surface area contributed by atoms with Crippen LogP contribution in [0.1, 0.15) is 77.6 Å². The maximum atomic E-state index is 11.9. The molecule has 0 heterocycles. The highest BCUT2D eigenvalue weighted by Crippen LogP contribution is 2.32. The molecule has 0 saturated heterocycles. The molecular weight excluding hydrogens is 449 g/mol. The fourth-order valence-electron chi connectivity index (χ4n) is 3.08. The van der Waals surface area contributed by atoms with Gasteiger partial charge in [-0.2, -0.15) is 0 Å². The van der Waals surface area contributed by atoms with Crippen LogP contribution in [0.15, 0.2) is 0 Å². The van der Waals surface area contributed by atoms with Gasteiger partial charge in [-0.05, 0) is 38.5 Å². The Morgan fingerprint density at radius 1 is 0.818 bits per heavy atom. The summed E-state index contributed by atoms with van der Waals surface area (Å²) in [6.07, 6.45) is 8.55. The van der Waals surface area contributed by atoms with Crippen LogP contribution in [0.5, 0.6) is 0 Å². The maximum Gasteiger partial charge on any atom is 0.329 e. The predicted molar refractivity (Wildman–Crippen MR) is 128 cm³/mol. The standard InChI is InChI=1S/C22H44N3O7P/c1-19(27)23-14-8-3-5-12-21(28)24-15-9-4-6-13-22(29)25-16-10-7-11-20(17-26)18-32-33(30)31-2/h20,26,30H,3-18H2,1-2H3,(H,23,27)(H,24,28)(H,25,29). The molecule has 0 aliphatic heterocycles. The summed E-state index contributed by atoms with van der Waals surface area (Å²) in [4.78, 5) is 43.6. The zero-order chi connectivity index (χ0) is 24.7. The average Bonchev–Trinajstić information content (AvgIpc) is 2.79. The lowest BCUT2D eigenvalue weighted by Crippen LogP contribution is -2.25. The molecule has 5 N–H and O–H groups in total. The first-order valence-electron chi connectivity index (χ1n) is 11.9. The number of unbranched alkanes of at least 4 members (excludes halogenated alkanes) is 5. The molecule has 0 aromatic rings. The second kappa shape index (κ2) is 22.5. The Balaban J connectivity index is 3.49. The average molecular weight is 494 g/mol. The highest BCUT2D eigenvalue weighted by atomic mass is 31.2. The van der Waals surface area contributed by atoms with Crippen molar-refractivity contribution in [2.75, 3.05) is 40.0 Å². The summed E-state index contributed by atoms with van der Waals surface area (Å²) in [6.45, 7) is 3.62. The van der Waals surface area contributed by atoms with Crippen LogP contribution in [0, 0.1) is 5.92 Å². The van der Waals surface area contributed by atoms with Crippen LogP contribution in [0.3, 0.4) is 0 Å². The van der Waals surface area contributed by atoms with Crippen molar-refractivity contribution in [2.45, 2.75) is 77.6 Å². The van der Waals surface area contributed by atoms with Gasteiger partial charge in [-0.15, -0.1) is 0 Å². The Kier molecular flexibility index (Phi) is 21.6. The van der Waals surface area contributed by atoms with E-state index in [4.69, 9.17) is 4.52 Å². The van der Waals surface area contributed by atoms with Crippen LogP contribution >= 0.6 is 8.60 Å².